The van der Waals surface area contributed by atoms with Crippen molar-refractivity contribution in [3.8, 4) is 22.6 Å². The summed E-state index contributed by atoms with van der Waals surface area (Å²) in [7, 11) is 1.58. The molecule has 1 N–H and O–H groups in total. The Morgan fingerprint density at radius 1 is 1.10 bits per heavy atom. The van der Waals surface area contributed by atoms with Crippen LogP contribution in [0.4, 0.5) is 13.2 Å². The molecule has 1 aliphatic heterocycles. The molecule has 5 rings (SSSR count). The first-order valence-electron chi connectivity index (χ1n) is 12.8. The van der Waals surface area contributed by atoms with Crippen LogP contribution in [-0.4, -0.2) is 39.2 Å². The first-order chi connectivity index (χ1) is 18.7. The zero-order chi connectivity index (χ0) is 29.0. The summed E-state index contributed by atoms with van der Waals surface area (Å²) in [4.78, 5) is 28.3. The van der Waals surface area contributed by atoms with E-state index in [9.17, 15) is 27.9 Å². The van der Waals surface area contributed by atoms with Crippen LogP contribution in [0.5, 0.6) is 11.5 Å². The predicted molar refractivity (Wildman–Crippen MR) is 149 cm³/mol. The maximum absolute atomic E-state index is 14.7. The van der Waals surface area contributed by atoms with Crippen molar-refractivity contribution in [1.82, 2.24) is 9.47 Å². The third-order valence-electron chi connectivity index (χ3n) is 7.09. The number of ether oxygens (including phenoxy) is 1. The molecule has 1 aliphatic rings. The maximum Gasteiger partial charge on any atom is 0.268 e. The molecule has 6 nitrogen and oxygen atoms in total. The minimum atomic E-state index is -1.48. The molecule has 1 fully saturated rings. The van der Waals surface area contributed by atoms with E-state index >= 15 is 0 Å². The highest BCUT2D eigenvalue weighted by atomic mass is 32.1. The number of aliphatic hydroxyl groups is 1. The number of aryl methyl sites for hydroxylation is 1. The van der Waals surface area contributed by atoms with Gasteiger partial charge in [-0.1, -0.05) is 6.07 Å². The van der Waals surface area contributed by atoms with Crippen LogP contribution in [0, 0.1) is 11.6 Å². The lowest BCUT2D eigenvalue weighted by molar-refractivity contribution is 0.0421. The molecule has 2 aromatic carbocycles. The summed E-state index contributed by atoms with van der Waals surface area (Å²) >= 11 is 1.03. The summed E-state index contributed by atoms with van der Waals surface area (Å²) in [6.45, 7) is 5.10. The zero-order valence-electron chi connectivity index (χ0n) is 22.6. The zero-order valence-corrected chi connectivity index (χ0v) is 23.4. The highest BCUT2D eigenvalue weighted by molar-refractivity contribution is 7.20. The number of carbonyl (C=O) groups is 1. The van der Waals surface area contributed by atoms with Crippen molar-refractivity contribution in [3.63, 3.8) is 0 Å². The molecule has 2 aromatic heterocycles. The molecular formula is C30H29F3N2O4S. The minimum absolute atomic E-state index is 0.0280. The number of amides is 1. The topological polar surface area (TPSA) is 71.8 Å². The van der Waals surface area contributed by atoms with E-state index in [4.69, 9.17) is 4.74 Å². The molecule has 10 heteroatoms. The molecule has 0 aliphatic carbocycles. The molecule has 40 heavy (non-hydrogen) atoms. The Balaban J connectivity index is 1.68. The van der Waals surface area contributed by atoms with Gasteiger partial charge < -0.3 is 19.3 Å². The molecule has 1 amide bonds. The van der Waals surface area contributed by atoms with Gasteiger partial charge in [0.05, 0.1) is 17.0 Å². The standard InChI is InChI=1S/C30H29F3N2O4S/c1-29(2,38)17-6-8-23(39-24-9-7-18(31)13-22(24)32)19(12-17)21-15-34(4)28(37)26-20(21)14-25(40-26)27(36)35-11-5-10-30(3,33)16-35/h6-9,12-15,38H,5,10-11,16H2,1-4H3. The van der Waals surface area contributed by atoms with Crippen molar-refractivity contribution in [2.75, 3.05) is 13.1 Å². The molecule has 3 heterocycles. The van der Waals surface area contributed by atoms with Crippen LogP contribution in [0.2, 0.25) is 0 Å². The monoisotopic (exact) mass is 570 g/mol. The Morgan fingerprint density at radius 3 is 2.50 bits per heavy atom. The average Bonchev–Trinajstić information content (AvgIpc) is 3.32. The summed E-state index contributed by atoms with van der Waals surface area (Å²) in [6.07, 6.45) is 2.51. The van der Waals surface area contributed by atoms with E-state index in [0.29, 0.717) is 57.1 Å². The Bertz CT molecular complexity index is 1690. The fourth-order valence-corrected chi connectivity index (χ4v) is 6.09. The third-order valence-corrected chi connectivity index (χ3v) is 8.21. The summed E-state index contributed by atoms with van der Waals surface area (Å²) in [5.74, 6) is -2.01. The number of alkyl halides is 1. The second-order valence-electron chi connectivity index (χ2n) is 11.0. The number of fused-ring (bicyclic) bond motifs is 1. The van der Waals surface area contributed by atoms with Crippen molar-refractivity contribution in [1.29, 1.82) is 0 Å². The van der Waals surface area contributed by atoms with Crippen LogP contribution >= 0.6 is 11.3 Å². The van der Waals surface area contributed by atoms with Crippen LogP contribution in [0.15, 0.2) is 53.5 Å². The van der Waals surface area contributed by atoms with Gasteiger partial charge in [0.15, 0.2) is 11.6 Å². The highest BCUT2D eigenvalue weighted by Crippen LogP contribution is 2.41. The number of hydrogen-bond donors (Lipinski definition) is 1. The van der Waals surface area contributed by atoms with Gasteiger partial charge in [-0.25, -0.2) is 13.2 Å². The number of thiophene rings is 1. The fraction of sp³-hybridized carbons (Fsp3) is 0.333. The SMILES string of the molecule is Cn1cc(-c2cc(C(C)(C)O)ccc2Oc2ccc(F)cc2F)c2cc(C(=O)N3CCCC(C)(F)C3)sc2c1=O. The van der Waals surface area contributed by atoms with Gasteiger partial charge in [0.2, 0.25) is 0 Å². The van der Waals surface area contributed by atoms with Crippen LogP contribution < -0.4 is 10.3 Å². The lowest BCUT2D eigenvalue weighted by Gasteiger charge is -2.34. The second-order valence-corrected chi connectivity index (χ2v) is 12.1. The van der Waals surface area contributed by atoms with E-state index < -0.39 is 22.9 Å². The van der Waals surface area contributed by atoms with Crippen molar-refractivity contribution >= 4 is 27.3 Å². The molecule has 0 saturated carbocycles. The molecule has 1 saturated heterocycles. The van der Waals surface area contributed by atoms with Crippen LogP contribution in [0.1, 0.15) is 48.8 Å². The van der Waals surface area contributed by atoms with Crippen molar-refractivity contribution in [2.24, 2.45) is 7.05 Å². The average molecular weight is 571 g/mol. The number of hydrogen-bond acceptors (Lipinski definition) is 5. The summed E-state index contributed by atoms with van der Waals surface area (Å²) in [5, 5.41) is 11.2. The number of pyridine rings is 1. The smallest absolute Gasteiger partial charge is 0.268 e. The van der Waals surface area contributed by atoms with Gasteiger partial charge in [0.1, 0.15) is 21.9 Å². The van der Waals surface area contributed by atoms with E-state index in [1.54, 1.807) is 51.4 Å². The Labute approximate surface area is 233 Å². The van der Waals surface area contributed by atoms with E-state index in [-0.39, 0.29) is 29.5 Å². The van der Waals surface area contributed by atoms with Gasteiger partial charge >= 0.3 is 0 Å². The number of nitrogens with zero attached hydrogens (tertiary/aromatic N) is 2. The second kappa shape index (κ2) is 10.1. The van der Waals surface area contributed by atoms with Crippen molar-refractivity contribution in [3.05, 3.63) is 81.1 Å². The minimum Gasteiger partial charge on any atom is -0.454 e. The highest BCUT2D eigenvalue weighted by Gasteiger charge is 2.34. The molecule has 1 atom stereocenters. The normalized spacial score (nSPS) is 17.9. The quantitative estimate of drug-likeness (QED) is 0.296. The first kappa shape index (κ1) is 27.9. The third kappa shape index (κ3) is 5.38. The Kier molecular flexibility index (Phi) is 7.04. The lowest BCUT2D eigenvalue weighted by atomic mass is 9.93. The van der Waals surface area contributed by atoms with Crippen LogP contribution in [-0.2, 0) is 12.6 Å². The predicted octanol–water partition coefficient (Wildman–Crippen LogP) is 6.53. The van der Waals surface area contributed by atoms with Gasteiger partial charge in [-0.2, -0.15) is 0 Å². The van der Waals surface area contributed by atoms with Gasteiger partial charge in [-0.3, -0.25) is 9.59 Å². The molecule has 0 bridgehead atoms. The summed E-state index contributed by atoms with van der Waals surface area (Å²) in [6, 6.07) is 9.45. The van der Waals surface area contributed by atoms with Gasteiger partial charge in [-0.05, 0) is 69.5 Å². The number of benzene rings is 2. The molecule has 0 radical (unpaired) electrons. The van der Waals surface area contributed by atoms with Crippen LogP contribution in [0.3, 0.4) is 0 Å². The fourth-order valence-electron chi connectivity index (χ4n) is 4.96. The largest absolute Gasteiger partial charge is 0.454 e. The van der Waals surface area contributed by atoms with Gasteiger partial charge in [0, 0.05) is 42.4 Å². The van der Waals surface area contributed by atoms with Crippen molar-refractivity contribution < 1.29 is 27.8 Å². The number of carbonyl (C=O) groups excluding carboxylic acids is 1. The number of aromatic nitrogens is 1. The molecule has 1 unspecified atom stereocenters. The Morgan fingerprint density at radius 2 is 1.82 bits per heavy atom. The maximum atomic E-state index is 14.7. The number of halogens is 3. The summed E-state index contributed by atoms with van der Waals surface area (Å²) < 4.78 is 50.3. The number of likely N-dealkylation sites (tertiary alicyclic amines) is 1. The van der Waals surface area contributed by atoms with Gasteiger partial charge in [-0.15, -0.1) is 11.3 Å². The Hall–Kier alpha value is -3.63. The number of rotatable bonds is 5. The van der Waals surface area contributed by atoms with Gasteiger partial charge in [0.25, 0.3) is 11.5 Å². The lowest BCUT2D eigenvalue weighted by Crippen LogP contribution is -2.46. The van der Waals surface area contributed by atoms with E-state index in [1.165, 1.54) is 22.5 Å². The van der Waals surface area contributed by atoms with Crippen molar-refractivity contribution in [2.45, 2.75) is 44.9 Å². The molecule has 4 aromatic rings. The summed E-state index contributed by atoms with van der Waals surface area (Å²) in [5.41, 5.74) is -1.58. The molecule has 0 spiro atoms. The van der Waals surface area contributed by atoms with E-state index in [2.05, 4.69) is 0 Å². The molecular weight excluding hydrogens is 541 g/mol. The first-order valence-corrected chi connectivity index (χ1v) is 13.7. The van der Waals surface area contributed by atoms with E-state index in [1.807, 2.05) is 0 Å². The number of piperidine rings is 1. The molecule has 210 valence electrons. The van der Waals surface area contributed by atoms with E-state index in [0.717, 1.165) is 17.4 Å². The van der Waals surface area contributed by atoms with Crippen LogP contribution in [0.25, 0.3) is 21.2 Å².